The Labute approximate surface area is 86.4 Å². The van der Waals surface area contributed by atoms with Crippen molar-refractivity contribution < 1.29 is 9.53 Å². The van der Waals surface area contributed by atoms with Crippen molar-refractivity contribution in [2.24, 2.45) is 5.92 Å². The molecule has 0 spiro atoms. The first-order chi connectivity index (χ1) is 6.49. The van der Waals surface area contributed by atoms with Crippen molar-refractivity contribution in [2.45, 2.75) is 26.4 Å². The van der Waals surface area contributed by atoms with Crippen LogP contribution >= 0.6 is 0 Å². The fourth-order valence-electron chi connectivity index (χ4n) is 0.926. The van der Waals surface area contributed by atoms with Crippen LogP contribution in [0.4, 0.5) is 0 Å². The maximum atomic E-state index is 9.60. The molecule has 1 heterocycles. The number of hydrogen-bond donors (Lipinski definition) is 2. The zero-order valence-electron chi connectivity index (χ0n) is 9.59. The molecule has 0 aliphatic carbocycles. The van der Waals surface area contributed by atoms with Gasteiger partial charge in [-0.05, 0) is 33.7 Å². The fraction of sp³-hybridized carbons (Fsp3) is 0.900. The topological polar surface area (TPSA) is 50.4 Å². The van der Waals surface area contributed by atoms with Gasteiger partial charge < -0.3 is 15.4 Å². The van der Waals surface area contributed by atoms with E-state index in [1.54, 1.807) is 0 Å². The van der Waals surface area contributed by atoms with Crippen LogP contribution in [-0.2, 0) is 9.53 Å². The van der Waals surface area contributed by atoms with Gasteiger partial charge in [0.1, 0.15) is 5.60 Å². The third-order valence-corrected chi connectivity index (χ3v) is 1.76. The average Bonchev–Trinajstić information content (AvgIpc) is 1.95. The summed E-state index contributed by atoms with van der Waals surface area (Å²) in [7, 11) is 2.00. The largest absolute Gasteiger partial charge is 0.462 e. The average molecular weight is 202 g/mol. The van der Waals surface area contributed by atoms with Gasteiger partial charge in [0, 0.05) is 19.6 Å². The fourth-order valence-corrected chi connectivity index (χ4v) is 0.926. The standard InChI is InChI=1S/C5H12N2.C5H10O2/c1-6-2-5-3-7-4-5;1-5(2,3)7-4-6/h5-7H,2-4H2,1H3;4H,1-3H3. The van der Waals surface area contributed by atoms with Crippen molar-refractivity contribution in [3.63, 3.8) is 0 Å². The molecule has 0 aromatic rings. The molecule has 1 saturated heterocycles. The summed E-state index contributed by atoms with van der Waals surface area (Å²) >= 11 is 0. The van der Waals surface area contributed by atoms with Crippen molar-refractivity contribution in [3.05, 3.63) is 0 Å². The van der Waals surface area contributed by atoms with Crippen LogP contribution in [-0.4, -0.2) is 38.8 Å². The first-order valence-corrected chi connectivity index (χ1v) is 4.96. The Morgan fingerprint density at radius 3 is 2.14 bits per heavy atom. The van der Waals surface area contributed by atoms with E-state index in [9.17, 15) is 4.79 Å². The van der Waals surface area contributed by atoms with Gasteiger partial charge in [-0.1, -0.05) is 0 Å². The highest BCUT2D eigenvalue weighted by atomic mass is 16.5. The second-order valence-corrected chi connectivity index (χ2v) is 4.41. The summed E-state index contributed by atoms with van der Waals surface area (Å²) in [5, 5.41) is 6.34. The van der Waals surface area contributed by atoms with Crippen molar-refractivity contribution in [3.8, 4) is 0 Å². The van der Waals surface area contributed by atoms with Gasteiger partial charge in [0.25, 0.3) is 6.47 Å². The first kappa shape index (κ1) is 13.4. The Bertz CT molecular complexity index is 151. The van der Waals surface area contributed by atoms with Gasteiger partial charge in [0.2, 0.25) is 0 Å². The lowest BCUT2D eigenvalue weighted by atomic mass is 10.0. The van der Waals surface area contributed by atoms with E-state index < -0.39 is 0 Å². The molecule has 4 heteroatoms. The summed E-state index contributed by atoms with van der Waals surface area (Å²) in [5.74, 6) is 0.907. The highest BCUT2D eigenvalue weighted by Crippen LogP contribution is 2.02. The molecule has 14 heavy (non-hydrogen) atoms. The van der Waals surface area contributed by atoms with Gasteiger partial charge in [-0.3, -0.25) is 4.79 Å². The molecular weight excluding hydrogens is 180 g/mol. The predicted molar refractivity (Wildman–Crippen MR) is 57.2 cm³/mol. The molecule has 0 amide bonds. The van der Waals surface area contributed by atoms with E-state index in [4.69, 9.17) is 0 Å². The van der Waals surface area contributed by atoms with Crippen LogP contribution in [0.15, 0.2) is 0 Å². The van der Waals surface area contributed by atoms with Gasteiger partial charge in [0.15, 0.2) is 0 Å². The Morgan fingerprint density at radius 2 is 2.07 bits per heavy atom. The van der Waals surface area contributed by atoms with E-state index in [0.717, 1.165) is 5.92 Å². The molecule has 0 saturated carbocycles. The molecule has 0 atom stereocenters. The molecule has 0 bridgehead atoms. The first-order valence-electron chi connectivity index (χ1n) is 4.96. The minimum atomic E-state index is -0.318. The van der Waals surface area contributed by atoms with Gasteiger partial charge in [0.05, 0.1) is 0 Å². The van der Waals surface area contributed by atoms with Crippen molar-refractivity contribution >= 4 is 6.47 Å². The normalized spacial score (nSPS) is 16.3. The molecule has 1 aliphatic rings. The lowest BCUT2D eigenvalue weighted by molar-refractivity contribution is -0.138. The van der Waals surface area contributed by atoms with Gasteiger partial charge in [-0.25, -0.2) is 0 Å². The molecule has 84 valence electrons. The summed E-state index contributed by atoms with van der Waals surface area (Å²) in [6.07, 6.45) is 0. The summed E-state index contributed by atoms with van der Waals surface area (Å²) in [6.45, 7) is 9.51. The molecule has 0 aromatic heterocycles. The lowest BCUT2D eigenvalue weighted by Crippen LogP contribution is -2.46. The molecule has 1 rings (SSSR count). The Morgan fingerprint density at radius 1 is 1.50 bits per heavy atom. The maximum Gasteiger partial charge on any atom is 0.293 e. The number of hydrogen-bond acceptors (Lipinski definition) is 4. The van der Waals surface area contributed by atoms with Crippen molar-refractivity contribution in [1.29, 1.82) is 0 Å². The van der Waals surface area contributed by atoms with E-state index >= 15 is 0 Å². The molecule has 0 aromatic carbocycles. The SMILES string of the molecule is CC(C)(C)OC=O.CNCC1CNC1. The summed E-state index contributed by atoms with van der Waals surface area (Å²) in [6, 6.07) is 0. The number of nitrogens with one attached hydrogen (secondary N) is 2. The van der Waals surface area contributed by atoms with E-state index in [0.29, 0.717) is 6.47 Å². The Hall–Kier alpha value is -0.610. The van der Waals surface area contributed by atoms with Gasteiger partial charge in [-0.2, -0.15) is 0 Å². The van der Waals surface area contributed by atoms with Crippen LogP contribution in [0.2, 0.25) is 0 Å². The molecule has 1 fully saturated rings. The van der Waals surface area contributed by atoms with Gasteiger partial charge in [-0.15, -0.1) is 0 Å². The summed E-state index contributed by atoms with van der Waals surface area (Å²) in [4.78, 5) is 9.60. The molecule has 1 aliphatic heterocycles. The Kier molecular flexibility index (Phi) is 6.49. The van der Waals surface area contributed by atoms with Crippen molar-refractivity contribution in [1.82, 2.24) is 10.6 Å². The third kappa shape index (κ3) is 8.01. The smallest absolute Gasteiger partial charge is 0.293 e. The van der Waals surface area contributed by atoms with Gasteiger partial charge >= 0.3 is 0 Å². The number of carbonyl (C=O) groups is 1. The molecule has 2 N–H and O–H groups in total. The van der Waals surface area contributed by atoms with E-state index in [2.05, 4.69) is 15.4 Å². The molecule has 0 radical (unpaired) electrons. The highest BCUT2D eigenvalue weighted by molar-refractivity contribution is 5.37. The minimum absolute atomic E-state index is 0.318. The van der Waals surface area contributed by atoms with E-state index in [-0.39, 0.29) is 5.60 Å². The second-order valence-electron chi connectivity index (χ2n) is 4.41. The predicted octanol–water partition coefficient (Wildman–Crippen LogP) is 0.383. The van der Waals surface area contributed by atoms with Crippen LogP contribution in [0.1, 0.15) is 20.8 Å². The van der Waals surface area contributed by atoms with Crippen LogP contribution in [0, 0.1) is 5.92 Å². The highest BCUT2D eigenvalue weighted by Gasteiger charge is 2.14. The lowest BCUT2D eigenvalue weighted by Gasteiger charge is -2.26. The van der Waals surface area contributed by atoms with Crippen molar-refractivity contribution in [2.75, 3.05) is 26.7 Å². The second kappa shape index (κ2) is 6.79. The van der Waals surface area contributed by atoms with E-state index in [1.807, 2.05) is 27.8 Å². The number of ether oxygens (including phenoxy) is 1. The van der Waals surface area contributed by atoms with Crippen LogP contribution in [0.3, 0.4) is 0 Å². The molecule has 4 nitrogen and oxygen atoms in total. The molecule has 0 unspecified atom stereocenters. The number of rotatable bonds is 3. The molecular formula is C10H22N2O2. The summed E-state index contributed by atoms with van der Waals surface area (Å²) in [5.41, 5.74) is -0.318. The Balaban J connectivity index is 0.000000241. The number of carbonyl (C=O) groups excluding carboxylic acids is 1. The zero-order valence-corrected chi connectivity index (χ0v) is 9.59. The van der Waals surface area contributed by atoms with E-state index in [1.165, 1.54) is 19.6 Å². The van der Waals surface area contributed by atoms with Crippen LogP contribution in [0.5, 0.6) is 0 Å². The van der Waals surface area contributed by atoms with Crippen LogP contribution < -0.4 is 10.6 Å². The maximum absolute atomic E-state index is 9.60. The van der Waals surface area contributed by atoms with Crippen LogP contribution in [0.25, 0.3) is 0 Å². The summed E-state index contributed by atoms with van der Waals surface area (Å²) < 4.78 is 4.55. The monoisotopic (exact) mass is 202 g/mol. The zero-order chi connectivity index (χ0) is 11.0. The third-order valence-electron chi connectivity index (χ3n) is 1.76. The minimum Gasteiger partial charge on any atom is -0.462 e. The quantitative estimate of drug-likeness (QED) is 0.650.